The molecule has 0 aliphatic carbocycles. The van der Waals surface area contributed by atoms with Crippen molar-refractivity contribution < 1.29 is 4.39 Å². The summed E-state index contributed by atoms with van der Waals surface area (Å²) in [7, 11) is 0. The number of anilines is 1. The molecule has 3 aromatic rings. The van der Waals surface area contributed by atoms with E-state index in [4.69, 9.17) is 0 Å². The number of rotatable bonds is 3. The van der Waals surface area contributed by atoms with Crippen molar-refractivity contribution in [2.24, 2.45) is 0 Å². The van der Waals surface area contributed by atoms with Crippen molar-refractivity contribution in [2.75, 3.05) is 5.32 Å². The first kappa shape index (κ1) is 12.6. The van der Waals surface area contributed by atoms with Gasteiger partial charge in [-0.25, -0.2) is 9.37 Å². The highest BCUT2D eigenvalue weighted by Gasteiger charge is 2.09. The number of nitrogens with zero attached hydrogens (tertiary/aromatic N) is 2. The van der Waals surface area contributed by atoms with Gasteiger partial charge in [0.2, 0.25) is 0 Å². The maximum absolute atomic E-state index is 12.9. The quantitative estimate of drug-likeness (QED) is 0.767. The summed E-state index contributed by atoms with van der Waals surface area (Å²) >= 11 is 0. The summed E-state index contributed by atoms with van der Waals surface area (Å²) in [6.45, 7) is 4.59. The van der Waals surface area contributed by atoms with Crippen LogP contribution in [-0.2, 0) is 6.54 Å². The highest BCUT2D eigenvalue weighted by Crippen LogP contribution is 2.23. The third kappa shape index (κ3) is 2.34. The third-order valence-electron chi connectivity index (χ3n) is 3.23. The fraction of sp³-hybridized carbons (Fsp3) is 0.200. The highest BCUT2D eigenvalue weighted by atomic mass is 19.1. The Hall–Kier alpha value is -2.43. The van der Waals surface area contributed by atoms with Crippen LogP contribution in [-0.4, -0.2) is 15.2 Å². The number of nitrogens with one attached hydrogen (secondary N) is 2. The van der Waals surface area contributed by atoms with Crippen molar-refractivity contribution in [1.82, 2.24) is 15.2 Å². The molecule has 0 unspecified atom stereocenters. The van der Waals surface area contributed by atoms with Gasteiger partial charge in [0.15, 0.2) is 11.5 Å². The van der Waals surface area contributed by atoms with Crippen molar-refractivity contribution in [1.29, 1.82) is 0 Å². The zero-order valence-electron chi connectivity index (χ0n) is 11.4. The van der Waals surface area contributed by atoms with E-state index in [1.807, 2.05) is 19.9 Å². The van der Waals surface area contributed by atoms with E-state index in [9.17, 15) is 4.39 Å². The molecule has 0 bridgehead atoms. The highest BCUT2D eigenvalue weighted by molar-refractivity contribution is 5.90. The Kier molecular flexibility index (Phi) is 3.10. The van der Waals surface area contributed by atoms with E-state index in [0.717, 1.165) is 33.7 Å². The molecule has 2 heterocycles. The Bertz CT molecular complexity index is 746. The Labute approximate surface area is 116 Å². The van der Waals surface area contributed by atoms with Gasteiger partial charge in [0.1, 0.15) is 5.82 Å². The van der Waals surface area contributed by atoms with Gasteiger partial charge in [0.25, 0.3) is 0 Å². The Morgan fingerprint density at radius 1 is 1.20 bits per heavy atom. The average molecular weight is 270 g/mol. The SMILES string of the molecule is Cc1cc(C)c2c(NCc3ccc(F)cc3)n[nH]c2n1. The number of aryl methyl sites for hydroxylation is 2. The van der Waals surface area contributed by atoms with E-state index in [1.54, 1.807) is 12.1 Å². The standard InChI is InChI=1S/C15H15FN4/c1-9-7-10(2)18-15-13(9)14(19-20-15)17-8-11-3-5-12(16)6-4-11/h3-7H,8H2,1-2H3,(H2,17,18,19,20). The van der Waals surface area contributed by atoms with Crippen molar-refractivity contribution in [3.8, 4) is 0 Å². The van der Waals surface area contributed by atoms with Crippen molar-refractivity contribution >= 4 is 16.9 Å². The van der Waals surface area contributed by atoms with Crippen LogP contribution in [0.15, 0.2) is 30.3 Å². The second-order valence-electron chi connectivity index (χ2n) is 4.86. The molecule has 0 saturated heterocycles. The third-order valence-corrected chi connectivity index (χ3v) is 3.23. The first-order chi connectivity index (χ1) is 9.63. The van der Waals surface area contributed by atoms with Crippen molar-refractivity contribution in [3.63, 3.8) is 0 Å². The summed E-state index contributed by atoms with van der Waals surface area (Å²) in [6.07, 6.45) is 0. The number of aromatic nitrogens is 3. The number of hydrogen-bond donors (Lipinski definition) is 2. The summed E-state index contributed by atoms with van der Waals surface area (Å²) in [6, 6.07) is 8.45. The summed E-state index contributed by atoms with van der Waals surface area (Å²) in [5.41, 5.74) is 3.87. The normalized spacial score (nSPS) is 10.9. The number of halogens is 1. The molecule has 0 spiro atoms. The molecular weight excluding hydrogens is 255 g/mol. The van der Waals surface area contributed by atoms with Crippen LogP contribution < -0.4 is 5.32 Å². The monoisotopic (exact) mass is 270 g/mol. The zero-order valence-corrected chi connectivity index (χ0v) is 11.4. The van der Waals surface area contributed by atoms with Crippen molar-refractivity contribution in [3.05, 3.63) is 53.0 Å². The smallest absolute Gasteiger partial charge is 0.157 e. The molecule has 4 nitrogen and oxygen atoms in total. The number of fused-ring (bicyclic) bond motifs is 1. The largest absolute Gasteiger partial charge is 0.364 e. The topological polar surface area (TPSA) is 53.6 Å². The molecule has 0 radical (unpaired) electrons. The molecule has 1 aromatic carbocycles. The van der Waals surface area contributed by atoms with Crippen LogP contribution in [0.3, 0.4) is 0 Å². The van der Waals surface area contributed by atoms with Crippen LogP contribution in [0.2, 0.25) is 0 Å². The second-order valence-corrected chi connectivity index (χ2v) is 4.86. The van der Waals surface area contributed by atoms with Gasteiger partial charge in [0, 0.05) is 12.2 Å². The average Bonchev–Trinajstić information content (AvgIpc) is 2.81. The Balaban J connectivity index is 1.86. The van der Waals surface area contributed by atoms with Crippen LogP contribution >= 0.6 is 0 Å². The lowest BCUT2D eigenvalue weighted by Crippen LogP contribution is -2.00. The van der Waals surface area contributed by atoms with E-state index in [1.165, 1.54) is 12.1 Å². The minimum atomic E-state index is -0.227. The van der Waals surface area contributed by atoms with E-state index in [2.05, 4.69) is 20.5 Å². The van der Waals surface area contributed by atoms with Crippen LogP contribution in [0.25, 0.3) is 11.0 Å². The predicted molar refractivity (Wildman–Crippen MR) is 77.1 cm³/mol. The Morgan fingerprint density at radius 2 is 1.95 bits per heavy atom. The van der Waals surface area contributed by atoms with E-state index in [-0.39, 0.29) is 5.82 Å². The Morgan fingerprint density at radius 3 is 2.70 bits per heavy atom. The first-order valence-electron chi connectivity index (χ1n) is 6.44. The number of H-pyrrole nitrogens is 1. The van der Waals surface area contributed by atoms with Crippen LogP contribution in [0.5, 0.6) is 0 Å². The molecular formula is C15H15FN4. The molecule has 3 rings (SSSR count). The van der Waals surface area contributed by atoms with E-state index < -0.39 is 0 Å². The lowest BCUT2D eigenvalue weighted by Gasteiger charge is -2.05. The van der Waals surface area contributed by atoms with Gasteiger partial charge in [-0.05, 0) is 43.2 Å². The van der Waals surface area contributed by atoms with Crippen LogP contribution in [0, 0.1) is 19.7 Å². The number of hydrogen-bond acceptors (Lipinski definition) is 3. The molecule has 0 amide bonds. The maximum Gasteiger partial charge on any atom is 0.157 e. The summed E-state index contributed by atoms with van der Waals surface area (Å²) in [5.74, 6) is 0.545. The second kappa shape index (κ2) is 4.92. The molecule has 5 heteroatoms. The van der Waals surface area contributed by atoms with Gasteiger partial charge in [0.05, 0.1) is 5.39 Å². The van der Waals surface area contributed by atoms with Crippen LogP contribution in [0.1, 0.15) is 16.8 Å². The predicted octanol–water partition coefficient (Wildman–Crippen LogP) is 3.33. The van der Waals surface area contributed by atoms with Gasteiger partial charge in [-0.15, -0.1) is 0 Å². The summed E-state index contributed by atoms with van der Waals surface area (Å²) in [5, 5.41) is 11.4. The maximum atomic E-state index is 12.9. The molecule has 0 aliphatic heterocycles. The minimum absolute atomic E-state index is 0.227. The van der Waals surface area contributed by atoms with Gasteiger partial charge >= 0.3 is 0 Å². The first-order valence-corrected chi connectivity index (χ1v) is 6.44. The van der Waals surface area contributed by atoms with Crippen LogP contribution in [0.4, 0.5) is 10.2 Å². The molecule has 102 valence electrons. The zero-order chi connectivity index (χ0) is 14.1. The van der Waals surface area contributed by atoms with Gasteiger partial charge in [-0.1, -0.05) is 12.1 Å². The molecule has 0 aliphatic rings. The number of benzene rings is 1. The summed E-state index contributed by atoms with van der Waals surface area (Å²) in [4.78, 5) is 4.42. The molecule has 2 aromatic heterocycles. The molecule has 0 atom stereocenters. The fourth-order valence-corrected chi connectivity index (χ4v) is 2.30. The fourth-order valence-electron chi connectivity index (χ4n) is 2.30. The lowest BCUT2D eigenvalue weighted by atomic mass is 10.1. The van der Waals surface area contributed by atoms with Crippen molar-refractivity contribution in [2.45, 2.75) is 20.4 Å². The van der Waals surface area contributed by atoms with E-state index >= 15 is 0 Å². The van der Waals surface area contributed by atoms with Gasteiger partial charge < -0.3 is 5.32 Å². The lowest BCUT2D eigenvalue weighted by molar-refractivity contribution is 0.627. The van der Waals surface area contributed by atoms with Gasteiger partial charge in [-0.2, -0.15) is 5.10 Å². The number of aromatic amines is 1. The molecule has 2 N–H and O–H groups in total. The minimum Gasteiger partial charge on any atom is -0.364 e. The molecule has 20 heavy (non-hydrogen) atoms. The van der Waals surface area contributed by atoms with E-state index in [0.29, 0.717) is 6.54 Å². The molecule has 0 fully saturated rings. The van der Waals surface area contributed by atoms with Gasteiger partial charge in [-0.3, -0.25) is 5.10 Å². The molecule has 0 saturated carbocycles. The summed E-state index contributed by atoms with van der Waals surface area (Å²) < 4.78 is 12.9. The number of pyridine rings is 1.